The molecule has 20 heavy (non-hydrogen) atoms. The molecule has 3 rings (SSSR count). The van der Waals surface area contributed by atoms with Crippen LogP contribution in [-0.4, -0.2) is 64.9 Å². The van der Waals surface area contributed by atoms with Crippen LogP contribution in [-0.2, 0) is 17.8 Å². The number of aromatic nitrogens is 2. The van der Waals surface area contributed by atoms with Crippen LogP contribution < -0.4 is 0 Å². The molecule has 6 heteroatoms. The van der Waals surface area contributed by atoms with Crippen molar-refractivity contribution >= 4 is 5.91 Å². The van der Waals surface area contributed by atoms with E-state index >= 15 is 0 Å². The molecule has 1 aromatic rings. The van der Waals surface area contributed by atoms with E-state index in [1.54, 1.807) is 0 Å². The maximum atomic E-state index is 12.6. The molecule has 1 saturated heterocycles. The van der Waals surface area contributed by atoms with Gasteiger partial charge in [0.15, 0.2) is 5.69 Å². The van der Waals surface area contributed by atoms with E-state index in [2.05, 4.69) is 16.9 Å². The number of hydrogen-bond donors (Lipinski definition) is 0. The second-order valence-corrected chi connectivity index (χ2v) is 5.42. The molecule has 0 atom stereocenters. The first-order valence-electron chi connectivity index (χ1n) is 7.36. The predicted molar refractivity (Wildman–Crippen MR) is 74.6 cm³/mol. The van der Waals surface area contributed by atoms with Crippen molar-refractivity contribution in [1.29, 1.82) is 0 Å². The molecule has 0 aliphatic carbocycles. The molecule has 110 valence electrons. The third-order valence-corrected chi connectivity index (χ3v) is 4.27. The van der Waals surface area contributed by atoms with E-state index in [1.807, 2.05) is 16.5 Å². The van der Waals surface area contributed by atoms with Crippen molar-refractivity contribution in [2.24, 2.45) is 0 Å². The summed E-state index contributed by atoms with van der Waals surface area (Å²) in [6.07, 6.45) is 0. The van der Waals surface area contributed by atoms with Gasteiger partial charge in [0.05, 0.1) is 25.5 Å². The summed E-state index contributed by atoms with van der Waals surface area (Å²) in [7, 11) is 0. The number of amides is 1. The summed E-state index contributed by atoms with van der Waals surface area (Å²) < 4.78 is 7.31. The van der Waals surface area contributed by atoms with Gasteiger partial charge in [0.2, 0.25) is 0 Å². The fourth-order valence-corrected chi connectivity index (χ4v) is 2.89. The largest absolute Gasteiger partial charge is 0.378 e. The number of likely N-dealkylation sites (N-methyl/N-ethyl adjacent to an activating group) is 1. The fraction of sp³-hybridized carbons (Fsp3) is 0.714. The van der Waals surface area contributed by atoms with Crippen LogP contribution >= 0.6 is 0 Å². The van der Waals surface area contributed by atoms with E-state index in [1.165, 1.54) is 5.69 Å². The lowest BCUT2D eigenvalue weighted by atomic mass is 10.1. The Bertz CT molecular complexity index is 506. The number of fused-ring (bicyclic) bond motifs is 1. The van der Waals surface area contributed by atoms with Gasteiger partial charge in [-0.05, 0) is 13.5 Å². The Balaban J connectivity index is 1.84. The summed E-state index contributed by atoms with van der Waals surface area (Å²) in [6.45, 7) is 10.6. The SMILES string of the molecule is CCN1CCn2nc(C(=O)N3CCOCC3)c(C)c2C1. The van der Waals surface area contributed by atoms with Crippen LogP contribution in [0.2, 0.25) is 0 Å². The molecule has 1 fully saturated rings. The second kappa shape index (κ2) is 5.54. The summed E-state index contributed by atoms with van der Waals surface area (Å²) in [5.74, 6) is 0.0516. The molecule has 0 N–H and O–H groups in total. The molecule has 2 aliphatic rings. The van der Waals surface area contributed by atoms with E-state index in [4.69, 9.17) is 4.74 Å². The zero-order valence-corrected chi connectivity index (χ0v) is 12.3. The Hall–Kier alpha value is -1.40. The molecular formula is C14H22N4O2. The van der Waals surface area contributed by atoms with E-state index in [-0.39, 0.29) is 5.91 Å². The standard InChI is InChI=1S/C14H22N4O2/c1-3-16-4-5-18-12(10-16)11(2)13(15-18)14(19)17-6-8-20-9-7-17/h3-10H2,1-2H3. The van der Waals surface area contributed by atoms with Gasteiger partial charge >= 0.3 is 0 Å². The van der Waals surface area contributed by atoms with E-state index in [0.29, 0.717) is 32.0 Å². The van der Waals surface area contributed by atoms with Gasteiger partial charge in [0.25, 0.3) is 5.91 Å². The molecule has 0 saturated carbocycles. The van der Waals surface area contributed by atoms with Crippen LogP contribution in [0.1, 0.15) is 28.7 Å². The van der Waals surface area contributed by atoms with Crippen LogP contribution in [0.15, 0.2) is 0 Å². The zero-order valence-electron chi connectivity index (χ0n) is 12.3. The molecule has 0 bridgehead atoms. The quantitative estimate of drug-likeness (QED) is 0.790. The minimum Gasteiger partial charge on any atom is -0.378 e. The van der Waals surface area contributed by atoms with Crippen molar-refractivity contribution in [1.82, 2.24) is 19.6 Å². The highest BCUT2D eigenvalue weighted by Gasteiger charge is 2.27. The Morgan fingerprint density at radius 1 is 1.25 bits per heavy atom. The maximum absolute atomic E-state index is 12.6. The monoisotopic (exact) mass is 278 g/mol. The summed E-state index contributed by atoms with van der Waals surface area (Å²) in [6, 6.07) is 0. The average molecular weight is 278 g/mol. The van der Waals surface area contributed by atoms with Crippen molar-refractivity contribution in [3.63, 3.8) is 0 Å². The number of carbonyl (C=O) groups excluding carboxylic acids is 1. The Morgan fingerprint density at radius 2 is 2.00 bits per heavy atom. The van der Waals surface area contributed by atoms with Crippen molar-refractivity contribution < 1.29 is 9.53 Å². The lowest BCUT2D eigenvalue weighted by molar-refractivity contribution is 0.0298. The van der Waals surface area contributed by atoms with Crippen LogP contribution in [0.25, 0.3) is 0 Å². The molecule has 0 unspecified atom stereocenters. The van der Waals surface area contributed by atoms with Crippen molar-refractivity contribution in [2.45, 2.75) is 26.9 Å². The summed E-state index contributed by atoms with van der Waals surface area (Å²) >= 11 is 0. The van der Waals surface area contributed by atoms with Gasteiger partial charge in [0.1, 0.15) is 0 Å². The molecule has 2 aliphatic heterocycles. The molecule has 0 spiro atoms. The third-order valence-electron chi connectivity index (χ3n) is 4.27. The smallest absolute Gasteiger partial charge is 0.274 e. The molecule has 3 heterocycles. The third kappa shape index (κ3) is 2.33. The lowest BCUT2D eigenvalue weighted by Crippen LogP contribution is -2.41. The van der Waals surface area contributed by atoms with Crippen LogP contribution in [0.3, 0.4) is 0 Å². The molecule has 0 radical (unpaired) electrons. The predicted octanol–water partition coefficient (Wildman–Crippen LogP) is 0.499. The number of rotatable bonds is 2. The summed E-state index contributed by atoms with van der Waals surface area (Å²) in [5.41, 5.74) is 2.86. The van der Waals surface area contributed by atoms with Gasteiger partial charge in [-0.2, -0.15) is 5.10 Å². The summed E-state index contributed by atoms with van der Waals surface area (Å²) in [4.78, 5) is 16.8. The van der Waals surface area contributed by atoms with Gasteiger partial charge in [0, 0.05) is 31.7 Å². The molecule has 1 aromatic heterocycles. The van der Waals surface area contributed by atoms with Crippen molar-refractivity contribution in [3.8, 4) is 0 Å². The highest BCUT2D eigenvalue weighted by atomic mass is 16.5. The Labute approximate surface area is 119 Å². The van der Waals surface area contributed by atoms with E-state index in [0.717, 1.165) is 31.7 Å². The van der Waals surface area contributed by atoms with Crippen LogP contribution in [0.4, 0.5) is 0 Å². The number of carbonyl (C=O) groups is 1. The number of ether oxygens (including phenoxy) is 1. The van der Waals surface area contributed by atoms with Gasteiger partial charge in [-0.3, -0.25) is 14.4 Å². The van der Waals surface area contributed by atoms with Crippen LogP contribution in [0, 0.1) is 6.92 Å². The first-order valence-corrected chi connectivity index (χ1v) is 7.36. The molecule has 1 amide bonds. The normalized spacial score (nSPS) is 20.0. The number of hydrogen-bond acceptors (Lipinski definition) is 4. The summed E-state index contributed by atoms with van der Waals surface area (Å²) in [5, 5.41) is 4.55. The maximum Gasteiger partial charge on any atom is 0.274 e. The minimum absolute atomic E-state index is 0.0516. The topological polar surface area (TPSA) is 50.6 Å². The Kier molecular flexibility index (Phi) is 3.76. The second-order valence-electron chi connectivity index (χ2n) is 5.42. The minimum atomic E-state index is 0.0516. The first-order chi connectivity index (χ1) is 9.70. The highest BCUT2D eigenvalue weighted by Crippen LogP contribution is 2.20. The lowest BCUT2D eigenvalue weighted by Gasteiger charge is -2.26. The highest BCUT2D eigenvalue weighted by molar-refractivity contribution is 5.94. The van der Waals surface area contributed by atoms with Gasteiger partial charge in [-0.25, -0.2) is 0 Å². The average Bonchev–Trinajstić information content (AvgIpc) is 2.84. The molecular weight excluding hydrogens is 256 g/mol. The first kappa shape index (κ1) is 13.6. The van der Waals surface area contributed by atoms with Gasteiger partial charge in [-0.15, -0.1) is 0 Å². The number of nitrogens with zero attached hydrogens (tertiary/aromatic N) is 4. The number of morpholine rings is 1. The fourth-order valence-electron chi connectivity index (χ4n) is 2.89. The van der Waals surface area contributed by atoms with E-state index < -0.39 is 0 Å². The van der Waals surface area contributed by atoms with Crippen molar-refractivity contribution in [3.05, 3.63) is 17.0 Å². The van der Waals surface area contributed by atoms with E-state index in [9.17, 15) is 4.79 Å². The van der Waals surface area contributed by atoms with Gasteiger partial charge < -0.3 is 9.64 Å². The van der Waals surface area contributed by atoms with Crippen molar-refractivity contribution in [2.75, 3.05) is 39.4 Å². The van der Waals surface area contributed by atoms with Gasteiger partial charge in [-0.1, -0.05) is 6.92 Å². The molecule has 0 aromatic carbocycles. The Morgan fingerprint density at radius 3 is 2.70 bits per heavy atom. The molecule has 6 nitrogen and oxygen atoms in total. The zero-order chi connectivity index (χ0) is 14.1. The van der Waals surface area contributed by atoms with Crippen LogP contribution in [0.5, 0.6) is 0 Å².